The highest BCUT2D eigenvalue weighted by Gasteiger charge is 2.20. The van der Waals surface area contributed by atoms with Crippen LogP contribution in [0.3, 0.4) is 0 Å². The van der Waals surface area contributed by atoms with Gasteiger partial charge < -0.3 is 5.11 Å². The van der Waals surface area contributed by atoms with Gasteiger partial charge in [0.15, 0.2) is 0 Å². The molecule has 0 aliphatic rings. The fraction of sp³-hybridized carbons (Fsp3) is 0.800. The van der Waals surface area contributed by atoms with Crippen LogP contribution in [0.15, 0.2) is 0 Å². The maximum absolute atomic E-state index is 11.3. The molecule has 0 bridgehead atoms. The van der Waals surface area contributed by atoms with Gasteiger partial charge in [0, 0.05) is 12.8 Å². The van der Waals surface area contributed by atoms with E-state index in [2.05, 4.69) is 0 Å². The number of aliphatic carboxylic acids is 1. The molecule has 0 saturated heterocycles. The maximum atomic E-state index is 11.3. The highest BCUT2D eigenvalue weighted by molar-refractivity contribution is 5.83. The van der Waals surface area contributed by atoms with Gasteiger partial charge >= 0.3 is 5.97 Å². The topological polar surface area (TPSA) is 54.4 Å². The number of Topliss-reactive ketones (excluding diaryl/α,β-unsaturated/α-hetero) is 1. The Balaban J connectivity index is 3.96. The highest BCUT2D eigenvalue weighted by Crippen LogP contribution is 2.20. The van der Waals surface area contributed by atoms with Crippen molar-refractivity contribution in [1.29, 1.82) is 0 Å². The second kappa shape index (κ2) is 4.40. The predicted octanol–water partition coefficient (Wildman–Crippen LogP) is 2.10. The molecule has 0 amide bonds. The van der Waals surface area contributed by atoms with Gasteiger partial charge in [-0.3, -0.25) is 9.59 Å². The number of carboxylic acid groups (broad SMARTS) is 1. The van der Waals surface area contributed by atoms with Crippen LogP contribution in [0, 0.1) is 11.3 Å². The van der Waals surface area contributed by atoms with Gasteiger partial charge in [-0.1, -0.05) is 27.7 Å². The molecule has 1 atom stereocenters. The van der Waals surface area contributed by atoms with Crippen LogP contribution in [0.5, 0.6) is 0 Å². The molecule has 76 valence electrons. The molecule has 0 aliphatic carbocycles. The van der Waals surface area contributed by atoms with Crippen LogP contribution >= 0.6 is 0 Å². The van der Waals surface area contributed by atoms with Crippen LogP contribution in [0.25, 0.3) is 0 Å². The van der Waals surface area contributed by atoms with Gasteiger partial charge in [-0.25, -0.2) is 0 Å². The molecule has 3 heteroatoms. The third-order valence-corrected chi connectivity index (χ3v) is 1.68. The Morgan fingerprint density at radius 2 is 1.77 bits per heavy atom. The lowest BCUT2D eigenvalue weighted by molar-refractivity contribution is -0.143. The van der Waals surface area contributed by atoms with Gasteiger partial charge in [0.1, 0.15) is 5.78 Å². The van der Waals surface area contributed by atoms with Crippen molar-refractivity contribution < 1.29 is 14.7 Å². The minimum Gasteiger partial charge on any atom is -0.481 e. The molecule has 1 N–H and O–H groups in total. The fourth-order valence-electron chi connectivity index (χ4n) is 1.09. The Hall–Kier alpha value is -0.860. The molecular formula is C10H18O3. The fourth-order valence-corrected chi connectivity index (χ4v) is 1.09. The third kappa shape index (κ3) is 6.31. The van der Waals surface area contributed by atoms with E-state index in [0.29, 0.717) is 6.42 Å². The number of hydrogen-bond acceptors (Lipinski definition) is 2. The smallest absolute Gasteiger partial charge is 0.306 e. The molecular weight excluding hydrogens is 168 g/mol. The van der Waals surface area contributed by atoms with Crippen molar-refractivity contribution in [2.45, 2.75) is 40.5 Å². The molecule has 0 saturated carbocycles. The van der Waals surface area contributed by atoms with Crippen LogP contribution in [0.1, 0.15) is 40.5 Å². The zero-order chi connectivity index (χ0) is 10.6. The van der Waals surface area contributed by atoms with Crippen molar-refractivity contribution in [1.82, 2.24) is 0 Å². The summed E-state index contributed by atoms with van der Waals surface area (Å²) in [6, 6.07) is 0. The van der Waals surface area contributed by atoms with Crippen LogP contribution in [-0.2, 0) is 9.59 Å². The molecule has 0 heterocycles. The van der Waals surface area contributed by atoms with E-state index in [1.54, 1.807) is 6.92 Å². The second-order valence-electron chi connectivity index (χ2n) is 4.72. The van der Waals surface area contributed by atoms with E-state index >= 15 is 0 Å². The lowest BCUT2D eigenvalue weighted by Gasteiger charge is -2.17. The first-order valence-electron chi connectivity index (χ1n) is 4.47. The lowest BCUT2D eigenvalue weighted by Crippen LogP contribution is -2.18. The van der Waals surface area contributed by atoms with Crippen molar-refractivity contribution in [2.24, 2.45) is 11.3 Å². The molecule has 0 aromatic carbocycles. The molecule has 1 unspecified atom stereocenters. The number of rotatable bonds is 4. The van der Waals surface area contributed by atoms with E-state index in [9.17, 15) is 9.59 Å². The van der Waals surface area contributed by atoms with E-state index in [1.165, 1.54) is 0 Å². The summed E-state index contributed by atoms with van der Waals surface area (Å²) in [5, 5.41) is 8.58. The van der Waals surface area contributed by atoms with Crippen LogP contribution in [0.4, 0.5) is 0 Å². The number of hydrogen-bond donors (Lipinski definition) is 1. The summed E-state index contributed by atoms with van der Waals surface area (Å²) in [6.45, 7) is 7.46. The predicted molar refractivity (Wildman–Crippen MR) is 50.5 cm³/mol. The van der Waals surface area contributed by atoms with Crippen LogP contribution in [0.2, 0.25) is 0 Å². The van der Waals surface area contributed by atoms with Gasteiger partial charge in [0.2, 0.25) is 0 Å². The SMILES string of the molecule is CC(CC(=O)CC(C)(C)C)C(=O)O. The molecule has 0 aliphatic heterocycles. The summed E-state index contributed by atoms with van der Waals surface area (Å²) in [5.41, 5.74) is -0.0463. The Kier molecular flexibility index (Phi) is 4.11. The number of ketones is 1. The Morgan fingerprint density at radius 1 is 1.31 bits per heavy atom. The summed E-state index contributed by atoms with van der Waals surface area (Å²) < 4.78 is 0. The van der Waals surface area contributed by atoms with Crippen molar-refractivity contribution in [3.05, 3.63) is 0 Å². The van der Waals surface area contributed by atoms with Crippen LogP contribution in [-0.4, -0.2) is 16.9 Å². The number of carbonyl (C=O) groups is 2. The Morgan fingerprint density at radius 3 is 2.08 bits per heavy atom. The molecule has 0 spiro atoms. The average molecular weight is 186 g/mol. The summed E-state index contributed by atoms with van der Waals surface area (Å²) in [5.74, 6) is -1.43. The Bertz CT molecular complexity index is 201. The lowest BCUT2D eigenvalue weighted by atomic mass is 9.87. The molecule has 0 rings (SSSR count). The van der Waals surface area contributed by atoms with Crippen molar-refractivity contribution in [3.8, 4) is 0 Å². The average Bonchev–Trinajstić information content (AvgIpc) is 1.81. The minimum atomic E-state index is -0.901. The number of carbonyl (C=O) groups excluding carboxylic acids is 1. The minimum absolute atomic E-state index is 0.0300. The molecule has 0 fully saturated rings. The van der Waals surface area contributed by atoms with Gasteiger partial charge in [0.05, 0.1) is 5.92 Å². The highest BCUT2D eigenvalue weighted by atomic mass is 16.4. The van der Waals surface area contributed by atoms with E-state index in [4.69, 9.17) is 5.11 Å². The standard InChI is InChI=1S/C10H18O3/c1-7(9(12)13)5-8(11)6-10(2,3)4/h7H,5-6H2,1-4H3,(H,12,13). The molecule has 0 aromatic heterocycles. The largest absolute Gasteiger partial charge is 0.481 e. The van der Waals surface area contributed by atoms with Gasteiger partial charge in [-0.05, 0) is 5.41 Å². The summed E-state index contributed by atoms with van der Waals surface area (Å²) in [6.07, 6.45) is 0.594. The molecule has 0 aromatic rings. The normalized spacial score (nSPS) is 13.8. The summed E-state index contributed by atoms with van der Waals surface area (Å²) in [7, 11) is 0. The number of carboxylic acids is 1. The third-order valence-electron chi connectivity index (χ3n) is 1.68. The van der Waals surface area contributed by atoms with E-state index in [1.807, 2.05) is 20.8 Å². The monoisotopic (exact) mass is 186 g/mol. The molecule has 13 heavy (non-hydrogen) atoms. The summed E-state index contributed by atoms with van der Waals surface area (Å²) in [4.78, 5) is 21.8. The van der Waals surface area contributed by atoms with Crippen molar-refractivity contribution in [3.63, 3.8) is 0 Å². The first kappa shape index (κ1) is 12.1. The van der Waals surface area contributed by atoms with E-state index in [0.717, 1.165) is 0 Å². The first-order valence-corrected chi connectivity index (χ1v) is 4.47. The first-order chi connectivity index (χ1) is 5.72. The Labute approximate surface area is 79.1 Å². The van der Waals surface area contributed by atoms with Crippen molar-refractivity contribution >= 4 is 11.8 Å². The van der Waals surface area contributed by atoms with Gasteiger partial charge in [-0.15, -0.1) is 0 Å². The zero-order valence-corrected chi connectivity index (χ0v) is 8.76. The van der Waals surface area contributed by atoms with Gasteiger partial charge in [-0.2, -0.15) is 0 Å². The maximum Gasteiger partial charge on any atom is 0.306 e. The molecule has 3 nitrogen and oxygen atoms in total. The van der Waals surface area contributed by atoms with Gasteiger partial charge in [0.25, 0.3) is 0 Å². The summed E-state index contributed by atoms with van der Waals surface area (Å²) >= 11 is 0. The van der Waals surface area contributed by atoms with E-state index in [-0.39, 0.29) is 17.6 Å². The second-order valence-corrected chi connectivity index (χ2v) is 4.72. The van der Waals surface area contributed by atoms with E-state index < -0.39 is 11.9 Å². The zero-order valence-electron chi connectivity index (χ0n) is 8.76. The van der Waals surface area contributed by atoms with Crippen molar-refractivity contribution in [2.75, 3.05) is 0 Å². The molecule has 0 radical (unpaired) electrons. The van der Waals surface area contributed by atoms with Crippen LogP contribution < -0.4 is 0 Å². The quantitative estimate of drug-likeness (QED) is 0.731.